The number of carbonyl (C=O) groups excluding carboxylic acids is 2. The molecule has 1 rings (SSSR count). The second-order valence-corrected chi connectivity index (χ2v) is 4.09. The Kier molecular flexibility index (Phi) is 7.89. The van der Waals surface area contributed by atoms with E-state index in [2.05, 4.69) is 10.9 Å². The standard InChI is InChI=1S/C16H20N2O4/c1-3-5-6-11-15(19)17-18-16(20)12-22-14-10-8-7-9-13(14)21-4-2/h3,5-11H,4,12H2,1-2H3,(H,17,19)(H,18,20). The van der Waals surface area contributed by atoms with Crippen molar-refractivity contribution in [1.82, 2.24) is 10.9 Å². The summed E-state index contributed by atoms with van der Waals surface area (Å²) < 4.78 is 10.7. The predicted octanol–water partition coefficient (Wildman–Crippen LogP) is 1.74. The molecule has 22 heavy (non-hydrogen) atoms. The van der Waals surface area contributed by atoms with Crippen LogP contribution in [0.15, 0.2) is 48.6 Å². The Bertz CT molecular complexity index is 553. The Morgan fingerprint density at radius 3 is 2.41 bits per heavy atom. The summed E-state index contributed by atoms with van der Waals surface area (Å²) in [5, 5.41) is 0. The minimum atomic E-state index is -0.473. The van der Waals surface area contributed by atoms with Crippen molar-refractivity contribution in [2.45, 2.75) is 13.8 Å². The van der Waals surface area contributed by atoms with E-state index in [1.807, 2.05) is 19.9 Å². The first-order valence-corrected chi connectivity index (χ1v) is 6.90. The number of hydrogen-bond donors (Lipinski definition) is 2. The third kappa shape index (κ3) is 6.60. The monoisotopic (exact) mass is 304 g/mol. The smallest absolute Gasteiger partial charge is 0.276 e. The topological polar surface area (TPSA) is 76.7 Å². The van der Waals surface area contributed by atoms with E-state index >= 15 is 0 Å². The quantitative estimate of drug-likeness (QED) is 0.457. The highest BCUT2D eigenvalue weighted by Gasteiger charge is 2.07. The zero-order chi connectivity index (χ0) is 16.2. The average Bonchev–Trinajstić information content (AvgIpc) is 2.52. The van der Waals surface area contributed by atoms with Crippen molar-refractivity contribution in [2.75, 3.05) is 13.2 Å². The molecule has 0 spiro atoms. The predicted molar refractivity (Wildman–Crippen MR) is 83.3 cm³/mol. The molecule has 0 bridgehead atoms. The van der Waals surface area contributed by atoms with Crippen LogP contribution in [0, 0.1) is 0 Å². The van der Waals surface area contributed by atoms with Gasteiger partial charge in [-0.05, 0) is 26.0 Å². The van der Waals surface area contributed by atoms with E-state index in [1.165, 1.54) is 6.08 Å². The zero-order valence-corrected chi connectivity index (χ0v) is 12.7. The molecule has 1 aromatic rings. The van der Waals surface area contributed by atoms with Crippen LogP contribution < -0.4 is 20.3 Å². The molecule has 6 nitrogen and oxygen atoms in total. The molecule has 0 aliphatic rings. The van der Waals surface area contributed by atoms with Gasteiger partial charge in [-0.3, -0.25) is 20.4 Å². The summed E-state index contributed by atoms with van der Waals surface area (Å²) >= 11 is 0. The molecule has 0 saturated heterocycles. The van der Waals surface area contributed by atoms with Crippen molar-refractivity contribution in [3.63, 3.8) is 0 Å². The molecule has 1 aromatic carbocycles. The van der Waals surface area contributed by atoms with Crippen LogP contribution >= 0.6 is 0 Å². The number of nitrogens with one attached hydrogen (secondary N) is 2. The largest absolute Gasteiger partial charge is 0.490 e. The van der Waals surface area contributed by atoms with Crippen molar-refractivity contribution >= 4 is 11.8 Å². The van der Waals surface area contributed by atoms with Crippen molar-refractivity contribution in [1.29, 1.82) is 0 Å². The van der Waals surface area contributed by atoms with Crippen LogP contribution in [0.3, 0.4) is 0 Å². The molecule has 2 N–H and O–H groups in total. The van der Waals surface area contributed by atoms with E-state index in [1.54, 1.807) is 36.4 Å². The molecule has 0 heterocycles. The first-order chi connectivity index (χ1) is 10.7. The lowest BCUT2D eigenvalue weighted by molar-refractivity contribution is -0.128. The van der Waals surface area contributed by atoms with Gasteiger partial charge in [0.2, 0.25) is 0 Å². The third-order valence-electron chi connectivity index (χ3n) is 2.38. The zero-order valence-electron chi connectivity index (χ0n) is 12.7. The van der Waals surface area contributed by atoms with Gasteiger partial charge in [-0.25, -0.2) is 0 Å². The van der Waals surface area contributed by atoms with Crippen LogP contribution in [0.4, 0.5) is 0 Å². The van der Waals surface area contributed by atoms with Gasteiger partial charge in [0.25, 0.3) is 11.8 Å². The molecule has 0 saturated carbocycles. The minimum absolute atomic E-state index is 0.233. The van der Waals surface area contributed by atoms with Gasteiger partial charge >= 0.3 is 0 Å². The Labute approximate surface area is 129 Å². The van der Waals surface area contributed by atoms with E-state index in [0.717, 1.165) is 0 Å². The molecule has 0 aliphatic carbocycles. The highest BCUT2D eigenvalue weighted by Crippen LogP contribution is 2.25. The molecule has 6 heteroatoms. The van der Waals surface area contributed by atoms with Gasteiger partial charge in [0.15, 0.2) is 18.1 Å². The van der Waals surface area contributed by atoms with E-state index < -0.39 is 11.8 Å². The highest BCUT2D eigenvalue weighted by atomic mass is 16.5. The SMILES string of the molecule is CC=CC=CC(=O)NNC(=O)COc1ccccc1OCC. The second-order valence-electron chi connectivity index (χ2n) is 4.09. The number of hydrogen-bond acceptors (Lipinski definition) is 4. The molecule has 0 aromatic heterocycles. The normalized spacial score (nSPS) is 10.6. The maximum Gasteiger partial charge on any atom is 0.276 e. The number of para-hydroxylation sites is 2. The lowest BCUT2D eigenvalue weighted by Gasteiger charge is -2.11. The van der Waals surface area contributed by atoms with Gasteiger partial charge in [0.1, 0.15) is 0 Å². The van der Waals surface area contributed by atoms with Gasteiger partial charge in [-0.2, -0.15) is 0 Å². The number of ether oxygens (including phenoxy) is 2. The molecule has 0 radical (unpaired) electrons. The van der Waals surface area contributed by atoms with E-state index in [-0.39, 0.29) is 6.61 Å². The summed E-state index contributed by atoms with van der Waals surface area (Å²) in [5.41, 5.74) is 4.50. The Hall–Kier alpha value is -2.76. The van der Waals surface area contributed by atoms with Gasteiger partial charge in [0.05, 0.1) is 6.61 Å². The number of rotatable bonds is 7. The van der Waals surface area contributed by atoms with Crippen LogP contribution in [0.25, 0.3) is 0 Å². The maximum absolute atomic E-state index is 11.6. The van der Waals surface area contributed by atoms with Gasteiger partial charge < -0.3 is 9.47 Å². The summed E-state index contributed by atoms with van der Waals surface area (Å²) in [7, 11) is 0. The average molecular weight is 304 g/mol. The fourth-order valence-electron chi connectivity index (χ4n) is 1.45. The van der Waals surface area contributed by atoms with Crippen LogP contribution in [0.2, 0.25) is 0 Å². The first-order valence-electron chi connectivity index (χ1n) is 6.90. The number of amides is 2. The number of carbonyl (C=O) groups is 2. The summed E-state index contributed by atoms with van der Waals surface area (Å²) in [6.07, 6.45) is 6.35. The molecule has 0 atom stereocenters. The summed E-state index contributed by atoms with van der Waals surface area (Å²) in [6, 6.07) is 7.06. The Morgan fingerprint density at radius 2 is 1.77 bits per heavy atom. The molecule has 2 amide bonds. The molecular formula is C16H20N2O4. The minimum Gasteiger partial charge on any atom is -0.490 e. The second kappa shape index (κ2) is 10.0. The van der Waals surface area contributed by atoms with Crippen LogP contribution in [-0.2, 0) is 9.59 Å². The number of allylic oxidation sites excluding steroid dienone is 3. The highest BCUT2D eigenvalue weighted by molar-refractivity contribution is 5.90. The van der Waals surface area contributed by atoms with Crippen LogP contribution in [0.5, 0.6) is 11.5 Å². The van der Waals surface area contributed by atoms with Crippen LogP contribution in [-0.4, -0.2) is 25.0 Å². The molecule has 0 fully saturated rings. The van der Waals surface area contributed by atoms with E-state index in [4.69, 9.17) is 9.47 Å². The fraction of sp³-hybridized carbons (Fsp3) is 0.250. The van der Waals surface area contributed by atoms with Gasteiger partial charge in [0, 0.05) is 6.08 Å². The number of hydrazine groups is 1. The molecule has 0 unspecified atom stereocenters. The molecule has 118 valence electrons. The maximum atomic E-state index is 11.6. The number of benzene rings is 1. The summed E-state index contributed by atoms with van der Waals surface area (Å²) in [4.78, 5) is 22.9. The molecule has 0 aliphatic heterocycles. The van der Waals surface area contributed by atoms with Crippen molar-refractivity contribution in [3.8, 4) is 11.5 Å². The van der Waals surface area contributed by atoms with Crippen molar-refractivity contribution < 1.29 is 19.1 Å². The summed E-state index contributed by atoms with van der Waals surface area (Å²) in [5.74, 6) is 0.134. The lowest BCUT2D eigenvalue weighted by atomic mass is 10.3. The van der Waals surface area contributed by atoms with E-state index in [9.17, 15) is 9.59 Å². The van der Waals surface area contributed by atoms with Crippen LogP contribution in [0.1, 0.15) is 13.8 Å². The van der Waals surface area contributed by atoms with E-state index in [0.29, 0.717) is 18.1 Å². The third-order valence-corrected chi connectivity index (χ3v) is 2.38. The summed E-state index contributed by atoms with van der Waals surface area (Å²) in [6.45, 7) is 3.96. The first kappa shape index (κ1) is 17.3. The Balaban J connectivity index is 2.39. The van der Waals surface area contributed by atoms with Gasteiger partial charge in [-0.1, -0.05) is 30.4 Å². The molecular weight excluding hydrogens is 284 g/mol. The van der Waals surface area contributed by atoms with Crippen molar-refractivity contribution in [3.05, 3.63) is 48.6 Å². The lowest BCUT2D eigenvalue weighted by Crippen LogP contribution is -2.43. The van der Waals surface area contributed by atoms with Gasteiger partial charge in [-0.15, -0.1) is 0 Å². The Morgan fingerprint density at radius 1 is 1.09 bits per heavy atom. The fourth-order valence-corrected chi connectivity index (χ4v) is 1.45. The van der Waals surface area contributed by atoms with Crippen molar-refractivity contribution in [2.24, 2.45) is 0 Å².